The number of para-hydroxylation sites is 1. The number of rotatable bonds is 5. The van der Waals surface area contributed by atoms with E-state index in [9.17, 15) is 19.6 Å². The van der Waals surface area contributed by atoms with Crippen LogP contribution in [0.3, 0.4) is 0 Å². The topological polar surface area (TPSA) is 103 Å². The first kappa shape index (κ1) is 20.2. The van der Waals surface area contributed by atoms with Gasteiger partial charge >= 0.3 is 6.09 Å². The summed E-state index contributed by atoms with van der Waals surface area (Å²) in [5.41, 5.74) is 0.753. The monoisotopic (exact) mass is 372 g/mol. The number of nitriles is 1. The molecule has 1 saturated heterocycles. The molecule has 1 aliphatic heterocycles. The van der Waals surface area contributed by atoms with Gasteiger partial charge in [-0.05, 0) is 31.9 Å². The highest BCUT2D eigenvalue weighted by Crippen LogP contribution is 2.20. The molecular formula is C19H24N4O4. The van der Waals surface area contributed by atoms with Crippen molar-refractivity contribution in [3.8, 4) is 6.07 Å². The Morgan fingerprint density at radius 3 is 2.56 bits per heavy atom. The molecule has 0 atom stereocenters. The van der Waals surface area contributed by atoms with E-state index in [-0.39, 0.29) is 30.5 Å². The highest BCUT2D eigenvalue weighted by molar-refractivity contribution is 5.98. The molecule has 0 unspecified atom stereocenters. The van der Waals surface area contributed by atoms with Crippen molar-refractivity contribution < 1.29 is 19.1 Å². The SMILES string of the molecule is CCOC(=O)N1CCC(NC(=O)CN(C(C)=O)c2ccccc2C#N)CC1. The lowest BCUT2D eigenvalue weighted by Crippen LogP contribution is -2.49. The highest BCUT2D eigenvalue weighted by atomic mass is 16.6. The van der Waals surface area contributed by atoms with E-state index in [1.165, 1.54) is 11.8 Å². The molecule has 144 valence electrons. The fourth-order valence-electron chi connectivity index (χ4n) is 3.01. The van der Waals surface area contributed by atoms with Crippen LogP contribution in [0.25, 0.3) is 0 Å². The maximum absolute atomic E-state index is 12.4. The van der Waals surface area contributed by atoms with Gasteiger partial charge in [-0.2, -0.15) is 5.26 Å². The van der Waals surface area contributed by atoms with E-state index >= 15 is 0 Å². The van der Waals surface area contributed by atoms with Gasteiger partial charge < -0.3 is 19.9 Å². The lowest BCUT2D eigenvalue weighted by Gasteiger charge is -2.32. The van der Waals surface area contributed by atoms with Crippen LogP contribution < -0.4 is 10.2 Å². The van der Waals surface area contributed by atoms with Crippen molar-refractivity contribution in [2.24, 2.45) is 0 Å². The number of piperidine rings is 1. The Kier molecular flexibility index (Phi) is 7.17. The summed E-state index contributed by atoms with van der Waals surface area (Å²) in [5, 5.41) is 12.1. The van der Waals surface area contributed by atoms with Gasteiger partial charge in [0.05, 0.1) is 17.9 Å². The molecule has 0 radical (unpaired) electrons. The average Bonchev–Trinajstić information content (AvgIpc) is 2.66. The van der Waals surface area contributed by atoms with Crippen molar-refractivity contribution in [3.63, 3.8) is 0 Å². The van der Waals surface area contributed by atoms with Crippen molar-refractivity contribution in [3.05, 3.63) is 29.8 Å². The zero-order chi connectivity index (χ0) is 19.8. The van der Waals surface area contributed by atoms with Crippen LogP contribution in [0, 0.1) is 11.3 Å². The van der Waals surface area contributed by atoms with Gasteiger partial charge in [0, 0.05) is 26.1 Å². The third kappa shape index (κ3) is 5.45. The summed E-state index contributed by atoms with van der Waals surface area (Å²) in [5.74, 6) is -0.613. The summed E-state index contributed by atoms with van der Waals surface area (Å²) >= 11 is 0. The van der Waals surface area contributed by atoms with Crippen molar-refractivity contribution in [2.45, 2.75) is 32.7 Å². The molecule has 8 heteroatoms. The first-order valence-corrected chi connectivity index (χ1v) is 8.94. The van der Waals surface area contributed by atoms with E-state index in [2.05, 4.69) is 5.32 Å². The standard InChI is InChI=1S/C19H24N4O4/c1-3-27-19(26)22-10-8-16(9-11-22)21-18(25)13-23(14(2)24)17-7-5-4-6-15(17)12-20/h4-7,16H,3,8-11,13H2,1-2H3,(H,21,25). The predicted octanol–water partition coefficient (Wildman–Crippen LogP) is 1.65. The molecule has 3 amide bonds. The van der Waals surface area contributed by atoms with E-state index in [4.69, 9.17) is 4.74 Å². The van der Waals surface area contributed by atoms with Gasteiger partial charge in [0.15, 0.2) is 0 Å². The normalized spacial score (nSPS) is 14.2. The van der Waals surface area contributed by atoms with Crippen molar-refractivity contribution in [1.82, 2.24) is 10.2 Å². The first-order chi connectivity index (χ1) is 13.0. The number of nitrogens with zero attached hydrogens (tertiary/aromatic N) is 3. The molecule has 2 rings (SSSR count). The Labute approximate surface area is 158 Å². The number of benzene rings is 1. The first-order valence-electron chi connectivity index (χ1n) is 8.94. The van der Waals surface area contributed by atoms with Gasteiger partial charge in [-0.1, -0.05) is 12.1 Å². The van der Waals surface area contributed by atoms with Crippen LogP contribution in [-0.4, -0.2) is 55.1 Å². The maximum Gasteiger partial charge on any atom is 0.409 e. The van der Waals surface area contributed by atoms with Gasteiger partial charge in [0.1, 0.15) is 12.6 Å². The molecule has 0 aromatic heterocycles. The molecule has 1 fully saturated rings. The second kappa shape index (κ2) is 9.57. The molecule has 0 aliphatic carbocycles. The van der Waals surface area contributed by atoms with Crippen LogP contribution in [0.5, 0.6) is 0 Å². The second-order valence-electron chi connectivity index (χ2n) is 6.26. The molecule has 1 aromatic carbocycles. The number of hydrogen-bond donors (Lipinski definition) is 1. The number of likely N-dealkylation sites (tertiary alicyclic amines) is 1. The zero-order valence-electron chi connectivity index (χ0n) is 15.6. The van der Waals surface area contributed by atoms with Crippen LogP contribution in [0.4, 0.5) is 10.5 Å². The summed E-state index contributed by atoms with van der Waals surface area (Å²) in [6, 6.07) is 8.64. The summed E-state index contributed by atoms with van der Waals surface area (Å²) in [6.07, 6.45) is 0.914. The largest absolute Gasteiger partial charge is 0.450 e. The number of anilines is 1. The summed E-state index contributed by atoms with van der Waals surface area (Å²) in [7, 11) is 0. The van der Waals surface area contributed by atoms with Crippen molar-refractivity contribution in [2.75, 3.05) is 31.1 Å². The fourth-order valence-corrected chi connectivity index (χ4v) is 3.01. The van der Waals surface area contributed by atoms with Gasteiger partial charge in [-0.15, -0.1) is 0 Å². The highest BCUT2D eigenvalue weighted by Gasteiger charge is 2.26. The third-order valence-corrected chi connectivity index (χ3v) is 4.38. The predicted molar refractivity (Wildman–Crippen MR) is 98.9 cm³/mol. The molecular weight excluding hydrogens is 348 g/mol. The fraction of sp³-hybridized carbons (Fsp3) is 0.474. The van der Waals surface area contributed by atoms with Crippen LogP contribution in [0.15, 0.2) is 24.3 Å². The maximum atomic E-state index is 12.4. The smallest absolute Gasteiger partial charge is 0.409 e. The van der Waals surface area contributed by atoms with Crippen LogP contribution in [0.1, 0.15) is 32.3 Å². The molecule has 27 heavy (non-hydrogen) atoms. The number of hydrogen-bond acceptors (Lipinski definition) is 5. The molecule has 1 aromatic rings. The molecule has 0 bridgehead atoms. The number of ether oxygens (including phenoxy) is 1. The zero-order valence-corrected chi connectivity index (χ0v) is 15.6. The Hall–Kier alpha value is -3.08. The van der Waals surface area contributed by atoms with E-state index in [1.807, 2.05) is 6.07 Å². The molecule has 8 nitrogen and oxygen atoms in total. The number of nitrogens with one attached hydrogen (secondary N) is 1. The molecule has 1 heterocycles. The minimum atomic E-state index is -0.335. The van der Waals surface area contributed by atoms with E-state index in [0.29, 0.717) is 43.8 Å². The molecule has 1 aliphatic rings. The van der Waals surface area contributed by atoms with Crippen LogP contribution >= 0.6 is 0 Å². The van der Waals surface area contributed by atoms with Crippen molar-refractivity contribution >= 4 is 23.6 Å². The average molecular weight is 372 g/mol. The van der Waals surface area contributed by atoms with Crippen LogP contribution in [0.2, 0.25) is 0 Å². The van der Waals surface area contributed by atoms with Crippen LogP contribution in [-0.2, 0) is 14.3 Å². The van der Waals surface area contributed by atoms with Gasteiger partial charge in [-0.25, -0.2) is 4.79 Å². The summed E-state index contributed by atoms with van der Waals surface area (Å²) < 4.78 is 4.98. The minimum absolute atomic E-state index is 0.0665. The number of amides is 3. The summed E-state index contributed by atoms with van der Waals surface area (Å²) in [4.78, 5) is 39.0. The summed E-state index contributed by atoms with van der Waals surface area (Å²) in [6.45, 7) is 4.32. The minimum Gasteiger partial charge on any atom is -0.450 e. The lowest BCUT2D eigenvalue weighted by atomic mass is 10.1. The molecule has 1 N–H and O–H groups in total. The molecule has 0 saturated carbocycles. The van der Waals surface area contributed by atoms with Gasteiger partial charge in [0.25, 0.3) is 0 Å². The Bertz CT molecular complexity index is 735. The quantitative estimate of drug-likeness (QED) is 0.846. The number of carbonyl (C=O) groups excluding carboxylic acids is 3. The van der Waals surface area contributed by atoms with Gasteiger partial charge in [0.2, 0.25) is 11.8 Å². The second-order valence-corrected chi connectivity index (χ2v) is 6.26. The van der Waals surface area contributed by atoms with Gasteiger partial charge in [-0.3, -0.25) is 9.59 Å². The lowest BCUT2D eigenvalue weighted by molar-refractivity contribution is -0.123. The van der Waals surface area contributed by atoms with E-state index in [0.717, 1.165) is 0 Å². The molecule has 0 spiro atoms. The Morgan fingerprint density at radius 2 is 1.96 bits per heavy atom. The Morgan fingerprint density at radius 1 is 1.30 bits per heavy atom. The third-order valence-electron chi connectivity index (χ3n) is 4.38. The Balaban J connectivity index is 1.93. The number of carbonyl (C=O) groups is 3. The van der Waals surface area contributed by atoms with E-state index < -0.39 is 0 Å². The van der Waals surface area contributed by atoms with E-state index in [1.54, 1.807) is 36.1 Å². The van der Waals surface area contributed by atoms with Crippen molar-refractivity contribution in [1.29, 1.82) is 5.26 Å².